The molecule has 0 aliphatic rings. The van der Waals surface area contributed by atoms with Gasteiger partial charge < -0.3 is 14.5 Å². The minimum atomic E-state index is -0.260. The highest BCUT2D eigenvalue weighted by Gasteiger charge is 2.16. The van der Waals surface area contributed by atoms with Gasteiger partial charge in [-0.3, -0.25) is 9.69 Å². The molecular formula is C32H29N3O3. The van der Waals surface area contributed by atoms with Crippen molar-refractivity contribution in [2.45, 2.75) is 26.2 Å². The lowest BCUT2D eigenvalue weighted by molar-refractivity contribution is 0.0945. The molecule has 1 aromatic heterocycles. The molecule has 0 saturated carbocycles. The number of amides is 1. The summed E-state index contributed by atoms with van der Waals surface area (Å²) in [6, 6.07) is 37.8. The monoisotopic (exact) mass is 503 g/mol. The van der Waals surface area contributed by atoms with Crippen LogP contribution in [0.5, 0.6) is 11.5 Å². The first-order chi connectivity index (χ1) is 18.7. The van der Waals surface area contributed by atoms with Crippen LogP contribution in [0.15, 0.2) is 126 Å². The minimum absolute atomic E-state index is 0.260. The van der Waals surface area contributed by atoms with Gasteiger partial charge in [-0.2, -0.15) is 0 Å². The fourth-order valence-electron chi connectivity index (χ4n) is 4.15. The van der Waals surface area contributed by atoms with Gasteiger partial charge in [-0.05, 0) is 41.0 Å². The number of benzene rings is 4. The maximum Gasteiger partial charge on any atom is 0.273 e. The van der Waals surface area contributed by atoms with Crippen LogP contribution in [0.4, 0.5) is 0 Å². The molecule has 6 heteroatoms. The highest BCUT2D eigenvalue weighted by atomic mass is 16.5. The second kappa shape index (κ2) is 12.5. The van der Waals surface area contributed by atoms with Gasteiger partial charge >= 0.3 is 0 Å². The summed E-state index contributed by atoms with van der Waals surface area (Å²) in [5, 5.41) is 2.90. The molecule has 0 saturated heterocycles. The van der Waals surface area contributed by atoms with Crippen LogP contribution in [0.1, 0.15) is 33.1 Å². The minimum Gasteiger partial charge on any atom is -0.457 e. The molecule has 1 heterocycles. The molecule has 6 nitrogen and oxygen atoms in total. The van der Waals surface area contributed by atoms with Crippen molar-refractivity contribution in [2.24, 2.45) is 0 Å². The van der Waals surface area contributed by atoms with Crippen LogP contribution in [0.25, 0.3) is 0 Å². The third-order valence-corrected chi connectivity index (χ3v) is 5.97. The number of para-hydroxylation sites is 1. The standard InChI is InChI=1S/C32H29N3O3/c36-32(33-20-25-11-4-1-5-12-25)30-24-37-31(34-30)23-35(21-26-13-6-2-7-14-26)22-27-15-10-18-29(19-27)38-28-16-8-3-9-17-28/h1-19,24H,20-23H2,(H,33,36). The second-order valence-electron chi connectivity index (χ2n) is 8.99. The van der Waals surface area contributed by atoms with E-state index in [1.54, 1.807) is 0 Å². The lowest BCUT2D eigenvalue weighted by atomic mass is 10.1. The van der Waals surface area contributed by atoms with E-state index in [2.05, 4.69) is 33.4 Å². The van der Waals surface area contributed by atoms with Crippen LogP contribution in [0.3, 0.4) is 0 Å². The highest BCUT2D eigenvalue weighted by Crippen LogP contribution is 2.23. The summed E-state index contributed by atoms with van der Waals surface area (Å²) in [7, 11) is 0. The predicted molar refractivity (Wildman–Crippen MR) is 146 cm³/mol. The van der Waals surface area contributed by atoms with Crippen LogP contribution in [-0.2, 0) is 26.2 Å². The van der Waals surface area contributed by atoms with Crippen molar-refractivity contribution in [3.8, 4) is 11.5 Å². The molecule has 5 rings (SSSR count). The Labute approximate surface area is 222 Å². The quantitative estimate of drug-likeness (QED) is 0.220. The Hall–Kier alpha value is -4.68. The van der Waals surface area contributed by atoms with Gasteiger partial charge in [0.15, 0.2) is 5.69 Å². The average molecular weight is 504 g/mol. The van der Waals surface area contributed by atoms with Crippen molar-refractivity contribution < 1.29 is 13.9 Å². The third kappa shape index (κ3) is 7.18. The maximum absolute atomic E-state index is 12.6. The van der Waals surface area contributed by atoms with E-state index in [-0.39, 0.29) is 11.6 Å². The van der Waals surface area contributed by atoms with Crippen molar-refractivity contribution >= 4 is 5.91 Å². The molecule has 38 heavy (non-hydrogen) atoms. The first-order valence-corrected chi connectivity index (χ1v) is 12.6. The Morgan fingerprint density at radius 1 is 0.711 bits per heavy atom. The summed E-state index contributed by atoms with van der Waals surface area (Å²) < 4.78 is 11.7. The fraction of sp³-hybridized carbons (Fsp3) is 0.125. The average Bonchev–Trinajstić information content (AvgIpc) is 3.42. The van der Waals surface area contributed by atoms with Crippen LogP contribution in [-0.4, -0.2) is 15.8 Å². The number of oxazole rings is 1. The zero-order valence-corrected chi connectivity index (χ0v) is 21.0. The Bertz CT molecular complexity index is 1440. The summed E-state index contributed by atoms with van der Waals surface area (Å²) in [5.74, 6) is 1.80. The number of hydrogen-bond donors (Lipinski definition) is 1. The first-order valence-electron chi connectivity index (χ1n) is 12.6. The molecule has 0 spiro atoms. The zero-order valence-electron chi connectivity index (χ0n) is 21.0. The van der Waals surface area contributed by atoms with Gasteiger partial charge in [0.05, 0.1) is 6.54 Å². The lowest BCUT2D eigenvalue weighted by Gasteiger charge is -2.21. The largest absolute Gasteiger partial charge is 0.457 e. The Morgan fingerprint density at radius 2 is 1.32 bits per heavy atom. The maximum atomic E-state index is 12.6. The molecule has 0 radical (unpaired) electrons. The number of nitrogens with zero attached hydrogens (tertiary/aromatic N) is 2. The molecule has 0 aliphatic heterocycles. The van der Waals surface area contributed by atoms with Crippen molar-refractivity contribution in [3.63, 3.8) is 0 Å². The van der Waals surface area contributed by atoms with E-state index < -0.39 is 0 Å². The SMILES string of the molecule is O=C(NCc1ccccc1)c1coc(CN(Cc2ccccc2)Cc2cccc(Oc3ccccc3)c2)n1. The number of nitrogens with one attached hydrogen (secondary N) is 1. The Kier molecular flexibility index (Phi) is 8.23. The summed E-state index contributed by atoms with van der Waals surface area (Å²) >= 11 is 0. The molecule has 0 fully saturated rings. The van der Waals surface area contributed by atoms with E-state index in [0.717, 1.165) is 22.6 Å². The lowest BCUT2D eigenvalue weighted by Crippen LogP contribution is -2.24. The number of ether oxygens (including phenoxy) is 1. The highest BCUT2D eigenvalue weighted by molar-refractivity contribution is 5.91. The number of carbonyl (C=O) groups is 1. The molecular weight excluding hydrogens is 474 g/mol. The molecule has 4 aromatic carbocycles. The van der Waals surface area contributed by atoms with Gasteiger partial charge in [-0.25, -0.2) is 4.98 Å². The smallest absolute Gasteiger partial charge is 0.273 e. The van der Waals surface area contributed by atoms with Gasteiger partial charge in [-0.1, -0.05) is 91.0 Å². The molecule has 5 aromatic rings. The topological polar surface area (TPSA) is 67.6 Å². The fourth-order valence-corrected chi connectivity index (χ4v) is 4.15. The van der Waals surface area contributed by atoms with E-state index >= 15 is 0 Å². The zero-order chi connectivity index (χ0) is 26.0. The molecule has 0 atom stereocenters. The summed E-state index contributed by atoms with van der Waals surface area (Å²) in [6.07, 6.45) is 1.42. The third-order valence-electron chi connectivity index (χ3n) is 5.97. The first kappa shape index (κ1) is 25.0. The number of aromatic nitrogens is 1. The van der Waals surface area contributed by atoms with Gasteiger partial charge in [0, 0.05) is 19.6 Å². The molecule has 0 unspecified atom stereocenters. The van der Waals surface area contributed by atoms with Crippen LogP contribution in [0, 0.1) is 0 Å². The number of hydrogen-bond acceptors (Lipinski definition) is 5. The normalized spacial score (nSPS) is 10.9. The Balaban J connectivity index is 1.27. The number of rotatable bonds is 11. The van der Waals surface area contributed by atoms with Gasteiger partial charge in [0.1, 0.15) is 17.8 Å². The van der Waals surface area contributed by atoms with Crippen molar-refractivity contribution in [2.75, 3.05) is 0 Å². The summed E-state index contributed by atoms with van der Waals surface area (Å²) in [4.78, 5) is 19.3. The van der Waals surface area contributed by atoms with Crippen LogP contribution in [0.2, 0.25) is 0 Å². The van der Waals surface area contributed by atoms with E-state index in [4.69, 9.17) is 9.15 Å². The molecule has 0 bridgehead atoms. The summed E-state index contributed by atoms with van der Waals surface area (Å²) in [6.45, 7) is 2.23. The van der Waals surface area contributed by atoms with Crippen molar-refractivity contribution in [1.29, 1.82) is 0 Å². The summed E-state index contributed by atoms with van der Waals surface area (Å²) in [5.41, 5.74) is 3.57. The predicted octanol–water partition coefficient (Wildman–Crippen LogP) is 6.60. The van der Waals surface area contributed by atoms with Gasteiger partial charge in [-0.15, -0.1) is 0 Å². The van der Waals surface area contributed by atoms with Crippen LogP contribution < -0.4 is 10.1 Å². The van der Waals surface area contributed by atoms with E-state index in [9.17, 15) is 4.79 Å². The van der Waals surface area contributed by atoms with Gasteiger partial charge in [0.2, 0.25) is 5.89 Å². The molecule has 1 amide bonds. The van der Waals surface area contributed by atoms with Crippen LogP contribution >= 0.6 is 0 Å². The van der Waals surface area contributed by atoms with E-state index in [1.807, 2.05) is 97.1 Å². The second-order valence-corrected chi connectivity index (χ2v) is 8.99. The number of carbonyl (C=O) groups excluding carboxylic acids is 1. The Morgan fingerprint density at radius 3 is 2.05 bits per heavy atom. The molecule has 0 aliphatic carbocycles. The van der Waals surface area contributed by atoms with Crippen molar-refractivity contribution in [3.05, 3.63) is 150 Å². The molecule has 190 valence electrons. The van der Waals surface area contributed by atoms with Gasteiger partial charge in [0.25, 0.3) is 5.91 Å². The van der Waals surface area contributed by atoms with E-state index in [0.29, 0.717) is 32.1 Å². The van der Waals surface area contributed by atoms with E-state index in [1.165, 1.54) is 11.8 Å². The molecule has 1 N–H and O–H groups in total. The van der Waals surface area contributed by atoms with Crippen molar-refractivity contribution in [1.82, 2.24) is 15.2 Å².